The number of halogens is 1. The van der Waals surface area contributed by atoms with Gasteiger partial charge in [0.05, 0.1) is 5.56 Å². The predicted molar refractivity (Wildman–Crippen MR) is 57.2 cm³/mol. The van der Waals surface area contributed by atoms with Crippen molar-refractivity contribution in [2.75, 3.05) is 0 Å². The van der Waals surface area contributed by atoms with Gasteiger partial charge in [-0.2, -0.15) is 0 Å². The average molecular weight is 268 g/mol. The van der Waals surface area contributed by atoms with Crippen molar-refractivity contribution >= 4 is 27.8 Å². The van der Waals surface area contributed by atoms with Gasteiger partial charge in [-0.05, 0) is 34.1 Å². The molecule has 0 unspecified atom stereocenters. The first-order valence-electron chi connectivity index (χ1n) is 3.85. The Hall–Kier alpha value is -1.80. The minimum atomic E-state index is -1.02. The Labute approximate surface area is 94.2 Å². The van der Waals surface area contributed by atoms with Crippen LogP contribution >= 0.6 is 15.9 Å². The highest BCUT2D eigenvalue weighted by atomic mass is 79.9. The Morgan fingerprint density at radius 3 is 2.53 bits per heavy atom. The van der Waals surface area contributed by atoms with Crippen molar-refractivity contribution in [1.29, 1.82) is 0 Å². The Bertz CT molecular complexity index is 485. The third-order valence-corrected chi connectivity index (χ3v) is 2.19. The molecule has 1 amide bonds. The van der Waals surface area contributed by atoms with Crippen LogP contribution in [0.25, 0.3) is 0 Å². The third-order valence-electron chi connectivity index (χ3n) is 1.54. The fraction of sp³-hybridized carbons (Fsp3) is 0. The molecule has 0 heterocycles. The number of hydrogen-bond donors (Lipinski definition) is 2. The first kappa shape index (κ1) is 11.3. The van der Waals surface area contributed by atoms with Gasteiger partial charge in [0.2, 0.25) is 0 Å². The van der Waals surface area contributed by atoms with E-state index >= 15 is 0 Å². The molecule has 5 heteroatoms. The number of carbonyl (C=O) groups is 2. The van der Waals surface area contributed by atoms with Crippen LogP contribution in [0.5, 0.6) is 0 Å². The van der Waals surface area contributed by atoms with E-state index in [9.17, 15) is 9.59 Å². The van der Waals surface area contributed by atoms with Crippen LogP contribution in [-0.4, -0.2) is 17.0 Å². The molecular formula is C10H6BrNO3. The van der Waals surface area contributed by atoms with Crippen LogP contribution < -0.4 is 5.73 Å². The first-order chi connectivity index (χ1) is 7.00. The zero-order chi connectivity index (χ0) is 11.4. The van der Waals surface area contributed by atoms with Crippen molar-refractivity contribution in [3.63, 3.8) is 0 Å². The molecule has 0 fully saturated rings. The van der Waals surface area contributed by atoms with Gasteiger partial charge in [-0.25, -0.2) is 4.79 Å². The lowest BCUT2D eigenvalue weighted by atomic mass is 10.1. The lowest BCUT2D eigenvalue weighted by molar-refractivity contribution is -0.112. The Morgan fingerprint density at radius 1 is 1.40 bits per heavy atom. The summed E-state index contributed by atoms with van der Waals surface area (Å²) in [5.41, 5.74) is 5.50. The number of rotatable bonds is 1. The summed E-state index contributed by atoms with van der Waals surface area (Å²) < 4.78 is 0.510. The summed E-state index contributed by atoms with van der Waals surface area (Å²) >= 11 is 3.15. The van der Waals surface area contributed by atoms with Crippen LogP contribution in [0.3, 0.4) is 0 Å². The highest BCUT2D eigenvalue weighted by molar-refractivity contribution is 9.10. The first-order valence-corrected chi connectivity index (χ1v) is 4.64. The van der Waals surface area contributed by atoms with E-state index in [-0.39, 0.29) is 5.56 Å². The van der Waals surface area contributed by atoms with Gasteiger partial charge < -0.3 is 10.8 Å². The molecule has 0 spiro atoms. The molecule has 76 valence electrons. The molecule has 1 aromatic carbocycles. The second-order valence-corrected chi connectivity index (χ2v) is 3.47. The molecule has 3 N–H and O–H groups in total. The lowest BCUT2D eigenvalue weighted by Crippen LogP contribution is -2.06. The summed E-state index contributed by atoms with van der Waals surface area (Å²) in [4.78, 5) is 21.0. The number of carboxylic acid groups (broad SMARTS) is 1. The highest BCUT2D eigenvalue weighted by Gasteiger charge is 2.04. The zero-order valence-electron chi connectivity index (χ0n) is 7.45. The summed E-state index contributed by atoms with van der Waals surface area (Å²) in [6, 6.07) is 4.31. The normalized spacial score (nSPS) is 8.87. The van der Waals surface area contributed by atoms with Gasteiger partial charge >= 0.3 is 5.97 Å². The molecule has 0 atom stereocenters. The van der Waals surface area contributed by atoms with Crippen LogP contribution in [0, 0.1) is 11.8 Å². The SMILES string of the molecule is NC(=O)C#Cc1ccc(C(=O)O)cc1Br. The van der Waals surface area contributed by atoms with Crippen LogP contribution in [0.4, 0.5) is 0 Å². The van der Waals surface area contributed by atoms with Crippen molar-refractivity contribution in [3.05, 3.63) is 33.8 Å². The summed E-state index contributed by atoms with van der Waals surface area (Å²) in [6.07, 6.45) is 0. The van der Waals surface area contributed by atoms with E-state index in [0.29, 0.717) is 10.0 Å². The van der Waals surface area contributed by atoms with E-state index < -0.39 is 11.9 Å². The van der Waals surface area contributed by atoms with Gasteiger partial charge in [-0.3, -0.25) is 4.79 Å². The largest absolute Gasteiger partial charge is 0.478 e. The summed E-state index contributed by atoms with van der Waals surface area (Å²) in [6.45, 7) is 0. The van der Waals surface area contributed by atoms with Crippen LogP contribution in [-0.2, 0) is 4.79 Å². The van der Waals surface area contributed by atoms with Crippen LogP contribution in [0.1, 0.15) is 15.9 Å². The van der Waals surface area contributed by atoms with Crippen LogP contribution in [0.2, 0.25) is 0 Å². The third kappa shape index (κ3) is 3.11. The number of carbonyl (C=O) groups excluding carboxylic acids is 1. The molecule has 0 saturated heterocycles. The van der Waals surface area contributed by atoms with Gasteiger partial charge in [-0.1, -0.05) is 5.92 Å². The van der Waals surface area contributed by atoms with Crippen LogP contribution in [0.15, 0.2) is 22.7 Å². The lowest BCUT2D eigenvalue weighted by Gasteiger charge is -1.98. The second kappa shape index (κ2) is 4.62. The van der Waals surface area contributed by atoms with Crippen molar-refractivity contribution in [2.45, 2.75) is 0 Å². The van der Waals surface area contributed by atoms with Gasteiger partial charge in [-0.15, -0.1) is 0 Å². The van der Waals surface area contributed by atoms with Gasteiger partial charge in [0.15, 0.2) is 0 Å². The van der Waals surface area contributed by atoms with Gasteiger partial charge in [0.25, 0.3) is 5.91 Å². The van der Waals surface area contributed by atoms with E-state index in [1.807, 2.05) is 0 Å². The fourth-order valence-corrected chi connectivity index (χ4v) is 1.36. The van der Waals surface area contributed by atoms with E-state index in [1.165, 1.54) is 18.2 Å². The summed E-state index contributed by atoms with van der Waals surface area (Å²) in [5.74, 6) is 2.92. The molecule has 15 heavy (non-hydrogen) atoms. The maximum absolute atomic E-state index is 10.6. The number of hydrogen-bond acceptors (Lipinski definition) is 2. The minimum Gasteiger partial charge on any atom is -0.478 e. The summed E-state index contributed by atoms with van der Waals surface area (Å²) in [5, 5.41) is 8.69. The zero-order valence-corrected chi connectivity index (χ0v) is 9.04. The quantitative estimate of drug-likeness (QED) is 0.745. The molecular weight excluding hydrogens is 262 g/mol. The van der Waals surface area contributed by atoms with Gasteiger partial charge in [0.1, 0.15) is 0 Å². The molecule has 0 aliphatic rings. The van der Waals surface area contributed by atoms with Crippen molar-refractivity contribution in [1.82, 2.24) is 0 Å². The fourth-order valence-electron chi connectivity index (χ4n) is 0.878. The van der Waals surface area contributed by atoms with Crippen molar-refractivity contribution in [3.8, 4) is 11.8 Å². The summed E-state index contributed by atoms with van der Waals surface area (Å²) in [7, 11) is 0. The predicted octanol–water partition coefficient (Wildman–Crippen LogP) is 0.984. The number of benzene rings is 1. The van der Waals surface area contributed by atoms with Crippen molar-refractivity contribution in [2.24, 2.45) is 5.73 Å². The number of amides is 1. The molecule has 1 aromatic rings. The number of carboxylic acids is 1. The Balaban J connectivity index is 3.10. The maximum Gasteiger partial charge on any atom is 0.335 e. The van der Waals surface area contributed by atoms with E-state index in [4.69, 9.17) is 10.8 Å². The number of primary amides is 1. The molecule has 0 aliphatic carbocycles. The minimum absolute atomic E-state index is 0.145. The molecule has 0 aliphatic heterocycles. The Morgan fingerprint density at radius 2 is 2.07 bits per heavy atom. The maximum atomic E-state index is 10.6. The molecule has 0 aromatic heterocycles. The smallest absolute Gasteiger partial charge is 0.335 e. The monoisotopic (exact) mass is 267 g/mol. The number of nitrogens with two attached hydrogens (primary N) is 1. The molecule has 0 radical (unpaired) electrons. The highest BCUT2D eigenvalue weighted by Crippen LogP contribution is 2.17. The second-order valence-electron chi connectivity index (χ2n) is 2.61. The van der Waals surface area contributed by atoms with E-state index in [0.717, 1.165) is 0 Å². The standard InChI is InChI=1S/C10H6BrNO3/c11-8-5-7(10(14)15)2-1-6(8)3-4-9(12)13/h1-2,5H,(H2,12,13)(H,14,15). The van der Waals surface area contributed by atoms with Crippen molar-refractivity contribution < 1.29 is 14.7 Å². The topological polar surface area (TPSA) is 80.4 Å². The van der Waals surface area contributed by atoms with Gasteiger partial charge in [0, 0.05) is 16.0 Å². The molecule has 1 rings (SSSR count). The molecule has 0 bridgehead atoms. The molecule has 4 nitrogen and oxygen atoms in total. The molecule has 0 saturated carbocycles. The Kier molecular flexibility index (Phi) is 3.47. The van der Waals surface area contributed by atoms with E-state index in [2.05, 4.69) is 27.8 Å². The van der Waals surface area contributed by atoms with E-state index in [1.54, 1.807) is 0 Å². The number of aromatic carboxylic acids is 1. The average Bonchev–Trinajstić information content (AvgIpc) is 2.15.